The van der Waals surface area contributed by atoms with Gasteiger partial charge in [0, 0.05) is 26.2 Å². The lowest BCUT2D eigenvalue weighted by Gasteiger charge is -2.28. The zero-order valence-electron chi connectivity index (χ0n) is 16.7. The van der Waals surface area contributed by atoms with Gasteiger partial charge in [-0.25, -0.2) is 0 Å². The predicted octanol–water partition coefficient (Wildman–Crippen LogP) is 4.57. The molecule has 144 valence electrons. The van der Waals surface area contributed by atoms with E-state index in [-0.39, 0.29) is 6.04 Å². The first-order valence-electron chi connectivity index (χ1n) is 10.0. The average Bonchev–Trinajstić information content (AvgIpc) is 2.70. The van der Waals surface area contributed by atoms with Gasteiger partial charge in [-0.15, -0.1) is 0 Å². The van der Waals surface area contributed by atoms with E-state index < -0.39 is 0 Å². The molecule has 2 aromatic carbocycles. The van der Waals surface area contributed by atoms with Crippen molar-refractivity contribution in [1.82, 2.24) is 10.2 Å². The molecule has 2 aromatic rings. The number of morpholine rings is 1. The standard InChI is InChI=1S/C24H32N2O/c1-4-20(17-19(2)3)24(25-11-12-26-13-15-27-16-14-26)23-10-9-21-7-5-6-8-22(21)18-23/h4-10,17-19,24-25H,1,11-16H2,2-3H3/b20-17+. The molecule has 0 amide bonds. The molecule has 0 spiro atoms. The van der Waals surface area contributed by atoms with Gasteiger partial charge in [-0.1, -0.05) is 69.0 Å². The van der Waals surface area contributed by atoms with Crippen LogP contribution in [-0.2, 0) is 4.74 Å². The molecule has 0 saturated carbocycles. The summed E-state index contributed by atoms with van der Waals surface area (Å²) in [6, 6.07) is 15.5. The van der Waals surface area contributed by atoms with Crippen LogP contribution in [0.1, 0.15) is 25.5 Å². The van der Waals surface area contributed by atoms with Crippen LogP contribution >= 0.6 is 0 Å². The summed E-state index contributed by atoms with van der Waals surface area (Å²) in [6.07, 6.45) is 4.32. The molecule has 0 aromatic heterocycles. The quantitative estimate of drug-likeness (QED) is 0.695. The topological polar surface area (TPSA) is 24.5 Å². The summed E-state index contributed by atoms with van der Waals surface area (Å²) < 4.78 is 5.45. The molecular formula is C24H32N2O. The highest BCUT2D eigenvalue weighted by atomic mass is 16.5. The summed E-state index contributed by atoms with van der Waals surface area (Å²) in [5.74, 6) is 0.488. The minimum Gasteiger partial charge on any atom is -0.379 e. The van der Waals surface area contributed by atoms with Gasteiger partial charge in [0.25, 0.3) is 0 Å². The third-order valence-corrected chi connectivity index (χ3v) is 5.08. The molecule has 1 saturated heterocycles. The van der Waals surface area contributed by atoms with E-state index in [9.17, 15) is 0 Å². The van der Waals surface area contributed by atoms with Crippen LogP contribution < -0.4 is 5.32 Å². The number of allylic oxidation sites excluding steroid dienone is 1. The van der Waals surface area contributed by atoms with Crippen molar-refractivity contribution in [3.05, 3.63) is 72.3 Å². The maximum absolute atomic E-state index is 5.45. The fourth-order valence-electron chi connectivity index (χ4n) is 3.67. The summed E-state index contributed by atoms with van der Waals surface area (Å²) in [5, 5.41) is 6.34. The van der Waals surface area contributed by atoms with Crippen molar-refractivity contribution in [2.45, 2.75) is 19.9 Å². The van der Waals surface area contributed by atoms with Crippen LogP contribution in [0.3, 0.4) is 0 Å². The van der Waals surface area contributed by atoms with E-state index in [0.29, 0.717) is 5.92 Å². The number of hydrogen-bond donors (Lipinski definition) is 1. The largest absolute Gasteiger partial charge is 0.379 e. The lowest BCUT2D eigenvalue weighted by Crippen LogP contribution is -2.41. The molecule has 0 radical (unpaired) electrons. The van der Waals surface area contributed by atoms with Crippen LogP contribution in [0.2, 0.25) is 0 Å². The van der Waals surface area contributed by atoms with E-state index >= 15 is 0 Å². The van der Waals surface area contributed by atoms with Crippen LogP contribution in [0.25, 0.3) is 10.8 Å². The molecule has 0 bridgehead atoms. The van der Waals surface area contributed by atoms with Gasteiger partial charge >= 0.3 is 0 Å². The van der Waals surface area contributed by atoms with Gasteiger partial charge in [0.05, 0.1) is 19.3 Å². The van der Waals surface area contributed by atoms with Gasteiger partial charge in [-0.3, -0.25) is 4.90 Å². The fraction of sp³-hybridized carbons (Fsp3) is 0.417. The summed E-state index contributed by atoms with van der Waals surface area (Å²) >= 11 is 0. The lowest BCUT2D eigenvalue weighted by atomic mass is 9.94. The van der Waals surface area contributed by atoms with E-state index in [1.807, 2.05) is 6.08 Å². The molecule has 1 fully saturated rings. The summed E-state index contributed by atoms with van der Waals surface area (Å²) in [4.78, 5) is 2.47. The molecule has 1 aliphatic heterocycles. The minimum atomic E-state index is 0.163. The summed E-state index contributed by atoms with van der Waals surface area (Å²) in [6.45, 7) is 14.3. The highest BCUT2D eigenvalue weighted by Crippen LogP contribution is 2.27. The van der Waals surface area contributed by atoms with Gasteiger partial charge in [-0.2, -0.15) is 0 Å². The zero-order valence-corrected chi connectivity index (χ0v) is 16.7. The number of ether oxygens (including phenoxy) is 1. The number of nitrogens with zero attached hydrogens (tertiary/aromatic N) is 1. The number of rotatable bonds is 8. The van der Waals surface area contributed by atoms with E-state index in [4.69, 9.17) is 4.74 Å². The van der Waals surface area contributed by atoms with Gasteiger partial charge in [0.2, 0.25) is 0 Å². The first-order valence-corrected chi connectivity index (χ1v) is 10.0. The Morgan fingerprint density at radius 3 is 2.59 bits per heavy atom. The Kier molecular flexibility index (Phi) is 7.22. The molecular weight excluding hydrogens is 332 g/mol. The van der Waals surface area contributed by atoms with E-state index in [1.165, 1.54) is 21.9 Å². The SMILES string of the molecule is C=C/C(=C\C(C)C)C(NCCN1CCOCC1)c1ccc2ccccc2c1. The summed E-state index contributed by atoms with van der Waals surface area (Å²) in [5.41, 5.74) is 2.55. The molecule has 1 atom stereocenters. The van der Waals surface area contributed by atoms with Crippen molar-refractivity contribution in [1.29, 1.82) is 0 Å². The Labute approximate surface area is 163 Å². The molecule has 1 heterocycles. The zero-order chi connectivity index (χ0) is 19.1. The number of fused-ring (bicyclic) bond motifs is 1. The van der Waals surface area contributed by atoms with Crippen LogP contribution in [0.4, 0.5) is 0 Å². The van der Waals surface area contributed by atoms with Crippen molar-refractivity contribution < 1.29 is 4.74 Å². The number of benzene rings is 2. The van der Waals surface area contributed by atoms with Gasteiger partial charge in [0.15, 0.2) is 0 Å². The Hall–Kier alpha value is -1.94. The predicted molar refractivity (Wildman–Crippen MR) is 115 cm³/mol. The molecule has 1 N–H and O–H groups in total. The van der Waals surface area contributed by atoms with E-state index in [0.717, 1.165) is 39.4 Å². The first kappa shape index (κ1) is 19.8. The minimum absolute atomic E-state index is 0.163. The van der Waals surface area contributed by atoms with Crippen molar-refractivity contribution in [2.24, 2.45) is 5.92 Å². The first-order chi connectivity index (χ1) is 13.2. The van der Waals surface area contributed by atoms with Crippen LogP contribution in [0.15, 0.2) is 66.8 Å². The Morgan fingerprint density at radius 1 is 1.15 bits per heavy atom. The third kappa shape index (κ3) is 5.52. The number of hydrogen-bond acceptors (Lipinski definition) is 3. The molecule has 1 aliphatic rings. The smallest absolute Gasteiger partial charge is 0.0594 e. The van der Waals surface area contributed by atoms with Gasteiger partial charge < -0.3 is 10.1 Å². The molecule has 3 rings (SSSR count). The molecule has 0 aliphatic carbocycles. The van der Waals surface area contributed by atoms with E-state index in [2.05, 4.69) is 79.2 Å². The van der Waals surface area contributed by atoms with Crippen molar-refractivity contribution in [3.63, 3.8) is 0 Å². The highest BCUT2D eigenvalue weighted by Gasteiger charge is 2.16. The molecule has 3 heteroatoms. The molecule has 27 heavy (non-hydrogen) atoms. The monoisotopic (exact) mass is 364 g/mol. The van der Waals surface area contributed by atoms with Crippen molar-refractivity contribution >= 4 is 10.8 Å². The maximum atomic E-state index is 5.45. The van der Waals surface area contributed by atoms with Crippen molar-refractivity contribution in [2.75, 3.05) is 39.4 Å². The third-order valence-electron chi connectivity index (χ3n) is 5.08. The van der Waals surface area contributed by atoms with Crippen LogP contribution in [0.5, 0.6) is 0 Å². The Balaban J connectivity index is 1.80. The maximum Gasteiger partial charge on any atom is 0.0594 e. The second kappa shape index (κ2) is 9.84. The molecule has 1 unspecified atom stereocenters. The van der Waals surface area contributed by atoms with Gasteiger partial charge in [-0.05, 0) is 33.9 Å². The average molecular weight is 365 g/mol. The van der Waals surface area contributed by atoms with Crippen LogP contribution in [0, 0.1) is 5.92 Å². The Morgan fingerprint density at radius 2 is 1.89 bits per heavy atom. The molecule has 3 nitrogen and oxygen atoms in total. The van der Waals surface area contributed by atoms with Crippen LogP contribution in [-0.4, -0.2) is 44.3 Å². The second-order valence-electron chi connectivity index (χ2n) is 7.56. The van der Waals surface area contributed by atoms with Gasteiger partial charge in [0.1, 0.15) is 0 Å². The fourth-order valence-corrected chi connectivity index (χ4v) is 3.67. The van der Waals surface area contributed by atoms with E-state index in [1.54, 1.807) is 0 Å². The second-order valence-corrected chi connectivity index (χ2v) is 7.56. The highest BCUT2D eigenvalue weighted by molar-refractivity contribution is 5.83. The van der Waals surface area contributed by atoms with Crippen molar-refractivity contribution in [3.8, 4) is 0 Å². The summed E-state index contributed by atoms with van der Waals surface area (Å²) in [7, 11) is 0. The number of nitrogens with one attached hydrogen (secondary N) is 1. The Bertz CT molecular complexity index is 775. The normalized spacial score (nSPS) is 17.4. The lowest BCUT2D eigenvalue weighted by molar-refractivity contribution is 0.0382.